The van der Waals surface area contributed by atoms with Crippen molar-refractivity contribution in [2.45, 2.75) is 24.7 Å². The molecule has 1 aliphatic carbocycles. The highest BCUT2D eigenvalue weighted by Crippen LogP contribution is 2.36. The van der Waals surface area contributed by atoms with Crippen molar-refractivity contribution in [2.24, 2.45) is 17.0 Å². The van der Waals surface area contributed by atoms with Gasteiger partial charge in [-0.3, -0.25) is 0 Å². The second kappa shape index (κ2) is 4.66. The van der Waals surface area contributed by atoms with Crippen LogP contribution in [0.4, 0.5) is 5.69 Å². The Morgan fingerprint density at radius 3 is 2.65 bits per heavy atom. The van der Waals surface area contributed by atoms with Crippen LogP contribution in [0.2, 0.25) is 0 Å². The average molecular weight is 254 g/mol. The zero-order valence-electron chi connectivity index (χ0n) is 9.89. The number of primary sulfonamides is 1. The average Bonchev–Trinajstić information content (AvgIpc) is 3.08. The fourth-order valence-corrected chi connectivity index (χ4v) is 2.68. The van der Waals surface area contributed by atoms with Crippen molar-refractivity contribution in [3.8, 4) is 0 Å². The fraction of sp³-hybridized carbons (Fsp3) is 0.500. The van der Waals surface area contributed by atoms with Crippen molar-refractivity contribution in [3.63, 3.8) is 0 Å². The molecule has 1 unspecified atom stereocenters. The molecule has 0 aliphatic heterocycles. The van der Waals surface area contributed by atoms with Gasteiger partial charge in [-0.1, -0.05) is 19.1 Å². The number of nitrogens with one attached hydrogen (secondary N) is 1. The summed E-state index contributed by atoms with van der Waals surface area (Å²) in [6, 6.07) is 6.76. The molecule has 5 heteroatoms. The lowest BCUT2D eigenvalue weighted by Crippen LogP contribution is -2.18. The Labute approximate surface area is 102 Å². The smallest absolute Gasteiger partial charge is 0.240 e. The predicted molar refractivity (Wildman–Crippen MR) is 68.2 cm³/mol. The number of anilines is 1. The Hall–Kier alpha value is -1.07. The van der Waals surface area contributed by atoms with Gasteiger partial charge in [-0.2, -0.15) is 0 Å². The maximum absolute atomic E-state index is 11.4. The fourth-order valence-electron chi connectivity index (χ4n) is 1.96. The molecule has 1 aromatic carbocycles. The first kappa shape index (κ1) is 12.4. The van der Waals surface area contributed by atoms with Crippen molar-refractivity contribution in [1.82, 2.24) is 0 Å². The number of para-hydroxylation sites is 1. The van der Waals surface area contributed by atoms with E-state index < -0.39 is 10.0 Å². The maximum Gasteiger partial charge on any atom is 0.240 e. The van der Waals surface area contributed by atoms with E-state index in [1.54, 1.807) is 18.2 Å². The number of sulfonamides is 1. The second-order valence-corrected chi connectivity index (χ2v) is 6.27. The first-order valence-electron chi connectivity index (χ1n) is 5.84. The van der Waals surface area contributed by atoms with Crippen molar-refractivity contribution in [1.29, 1.82) is 0 Å². The quantitative estimate of drug-likeness (QED) is 0.841. The molecule has 0 radical (unpaired) electrons. The van der Waals surface area contributed by atoms with Gasteiger partial charge in [0.1, 0.15) is 4.90 Å². The van der Waals surface area contributed by atoms with Gasteiger partial charge in [-0.25, -0.2) is 13.6 Å². The van der Waals surface area contributed by atoms with E-state index in [2.05, 4.69) is 12.2 Å². The molecular formula is C12H18N2O2S. The van der Waals surface area contributed by atoms with Crippen molar-refractivity contribution < 1.29 is 8.42 Å². The summed E-state index contributed by atoms with van der Waals surface area (Å²) < 4.78 is 22.8. The van der Waals surface area contributed by atoms with E-state index in [0.717, 1.165) is 12.5 Å². The van der Waals surface area contributed by atoms with Crippen LogP contribution in [0.5, 0.6) is 0 Å². The number of rotatable bonds is 5. The molecule has 1 atom stereocenters. The first-order chi connectivity index (χ1) is 7.98. The molecule has 1 saturated carbocycles. The third-order valence-corrected chi connectivity index (χ3v) is 4.20. The minimum absolute atomic E-state index is 0.169. The van der Waals surface area contributed by atoms with Gasteiger partial charge < -0.3 is 5.32 Å². The molecule has 1 fully saturated rings. The molecule has 0 aromatic heterocycles. The monoisotopic (exact) mass is 254 g/mol. The Balaban J connectivity index is 2.09. The first-order valence-corrected chi connectivity index (χ1v) is 7.39. The Bertz CT molecular complexity index is 495. The van der Waals surface area contributed by atoms with Crippen molar-refractivity contribution in [3.05, 3.63) is 24.3 Å². The van der Waals surface area contributed by atoms with Crippen LogP contribution in [0, 0.1) is 11.8 Å². The van der Waals surface area contributed by atoms with E-state index in [1.165, 1.54) is 18.9 Å². The predicted octanol–water partition coefficient (Wildman–Crippen LogP) is 1.79. The SMILES string of the molecule is CC(CNc1ccccc1S(N)(=O)=O)C1CC1. The highest BCUT2D eigenvalue weighted by atomic mass is 32.2. The van der Waals surface area contributed by atoms with Crippen LogP contribution < -0.4 is 10.5 Å². The maximum atomic E-state index is 11.4. The van der Waals surface area contributed by atoms with Gasteiger partial charge in [-0.05, 0) is 36.8 Å². The minimum Gasteiger partial charge on any atom is -0.384 e. The van der Waals surface area contributed by atoms with Gasteiger partial charge in [0, 0.05) is 6.54 Å². The highest BCUT2D eigenvalue weighted by Gasteiger charge is 2.27. The lowest BCUT2D eigenvalue weighted by atomic mass is 10.1. The van der Waals surface area contributed by atoms with Crippen molar-refractivity contribution >= 4 is 15.7 Å². The van der Waals surface area contributed by atoms with Crippen LogP contribution >= 0.6 is 0 Å². The Morgan fingerprint density at radius 1 is 1.41 bits per heavy atom. The summed E-state index contributed by atoms with van der Waals surface area (Å²) in [6.07, 6.45) is 2.58. The minimum atomic E-state index is -3.65. The molecule has 0 saturated heterocycles. The van der Waals surface area contributed by atoms with Gasteiger partial charge in [0.15, 0.2) is 0 Å². The van der Waals surface area contributed by atoms with E-state index in [-0.39, 0.29) is 4.90 Å². The molecule has 3 N–H and O–H groups in total. The molecule has 94 valence electrons. The van der Waals surface area contributed by atoms with Crippen LogP contribution in [0.1, 0.15) is 19.8 Å². The summed E-state index contributed by atoms with van der Waals surface area (Å²) in [5, 5.41) is 8.35. The molecule has 2 rings (SSSR count). The van der Waals surface area contributed by atoms with Gasteiger partial charge in [0.2, 0.25) is 10.0 Å². The third-order valence-electron chi connectivity index (χ3n) is 3.23. The van der Waals surface area contributed by atoms with E-state index in [9.17, 15) is 8.42 Å². The van der Waals surface area contributed by atoms with Gasteiger partial charge in [0.25, 0.3) is 0 Å². The molecular weight excluding hydrogens is 236 g/mol. The second-order valence-electron chi connectivity index (χ2n) is 4.74. The molecule has 1 aromatic rings. The number of benzene rings is 1. The van der Waals surface area contributed by atoms with Gasteiger partial charge >= 0.3 is 0 Å². The van der Waals surface area contributed by atoms with Crippen LogP contribution in [-0.4, -0.2) is 15.0 Å². The summed E-state index contributed by atoms with van der Waals surface area (Å²) in [5.41, 5.74) is 0.600. The zero-order chi connectivity index (χ0) is 12.5. The topological polar surface area (TPSA) is 72.2 Å². The normalized spacial score (nSPS) is 17.8. The Morgan fingerprint density at radius 2 is 2.06 bits per heavy atom. The van der Waals surface area contributed by atoms with Crippen LogP contribution in [0.25, 0.3) is 0 Å². The molecule has 4 nitrogen and oxygen atoms in total. The molecule has 17 heavy (non-hydrogen) atoms. The lowest BCUT2D eigenvalue weighted by molar-refractivity contribution is 0.536. The summed E-state index contributed by atoms with van der Waals surface area (Å²) >= 11 is 0. The Kier molecular flexibility index (Phi) is 3.40. The summed E-state index contributed by atoms with van der Waals surface area (Å²) in [4.78, 5) is 0.169. The van der Waals surface area contributed by atoms with Gasteiger partial charge in [-0.15, -0.1) is 0 Å². The van der Waals surface area contributed by atoms with E-state index in [1.807, 2.05) is 0 Å². The number of hydrogen-bond donors (Lipinski definition) is 2. The van der Waals surface area contributed by atoms with Crippen LogP contribution in [0.3, 0.4) is 0 Å². The van der Waals surface area contributed by atoms with Crippen molar-refractivity contribution in [2.75, 3.05) is 11.9 Å². The van der Waals surface area contributed by atoms with E-state index in [0.29, 0.717) is 11.6 Å². The molecule has 0 bridgehead atoms. The number of hydrogen-bond acceptors (Lipinski definition) is 3. The third kappa shape index (κ3) is 3.20. The lowest BCUT2D eigenvalue weighted by Gasteiger charge is -2.14. The van der Waals surface area contributed by atoms with Crippen LogP contribution in [0.15, 0.2) is 29.2 Å². The molecule has 0 heterocycles. The van der Waals surface area contributed by atoms with Crippen LogP contribution in [-0.2, 0) is 10.0 Å². The zero-order valence-corrected chi connectivity index (χ0v) is 10.7. The highest BCUT2D eigenvalue weighted by molar-refractivity contribution is 7.89. The largest absolute Gasteiger partial charge is 0.384 e. The molecule has 1 aliphatic rings. The van der Waals surface area contributed by atoms with E-state index in [4.69, 9.17) is 5.14 Å². The van der Waals surface area contributed by atoms with E-state index >= 15 is 0 Å². The molecule has 0 amide bonds. The summed E-state index contributed by atoms with van der Waals surface area (Å²) in [7, 11) is -3.65. The number of nitrogens with two attached hydrogens (primary N) is 1. The summed E-state index contributed by atoms with van der Waals surface area (Å²) in [6.45, 7) is 2.97. The molecule has 0 spiro atoms. The summed E-state index contributed by atoms with van der Waals surface area (Å²) in [5.74, 6) is 1.37. The van der Waals surface area contributed by atoms with Gasteiger partial charge in [0.05, 0.1) is 5.69 Å². The standard InChI is InChI=1S/C12H18N2O2S/c1-9(10-6-7-10)8-14-11-4-2-3-5-12(11)17(13,15)16/h2-5,9-10,14H,6-8H2,1H3,(H2,13,15,16).